The molecule has 0 amide bonds. The van der Waals surface area contributed by atoms with Crippen LogP contribution in [0.25, 0.3) is 0 Å². The van der Waals surface area contributed by atoms with E-state index in [9.17, 15) is 18.2 Å². The predicted molar refractivity (Wildman–Crippen MR) is 80.0 cm³/mol. The molecule has 1 aromatic carbocycles. The first kappa shape index (κ1) is 16.6. The van der Waals surface area contributed by atoms with Gasteiger partial charge in [0, 0.05) is 23.9 Å². The minimum absolute atomic E-state index is 0.0811. The number of aryl methyl sites for hydroxylation is 1. The first-order valence-electron chi connectivity index (χ1n) is 6.24. The van der Waals surface area contributed by atoms with Gasteiger partial charge in [-0.25, -0.2) is 8.60 Å². The third kappa shape index (κ3) is 3.03. The summed E-state index contributed by atoms with van der Waals surface area (Å²) < 4.78 is 34.8. The summed E-state index contributed by atoms with van der Waals surface area (Å²) in [4.78, 5) is 24.2. The van der Waals surface area contributed by atoms with Gasteiger partial charge in [-0.15, -0.1) is 0 Å². The molecule has 1 atom stereocenters. The topological polar surface area (TPSA) is 92.2 Å². The fraction of sp³-hybridized carbons (Fsp3) is 0.231. The average molecular weight is 347 g/mol. The van der Waals surface area contributed by atoms with Crippen LogP contribution in [0.3, 0.4) is 0 Å². The number of halogens is 2. The zero-order valence-electron chi connectivity index (χ0n) is 11.4. The second-order valence-corrected chi connectivity index (χ2v) is 5.74. The number of aromatic nitrogens is 2. The standard InChI is InChI=1S/C13H12ClFN2O4S/c1-2-17-13(19)9(5-16-17)12(18)8-4-3-7(6-22(20)21)11(15)10(8)14/h3-5,16H,2,6H2,1H3,(H,20,21). The molecule has 22 heavy (non-hydrogen) atoms. The Labute approximate surface area is 132 Å². The molecule has 0 aliphatic rings. The highest BCUT2D eigenvalue weighted by Crippen LogP contribution is 2.25. The molecule has 0 bridgehead atoms. The molecule has 0 fully saturated rings. The molecule has 0 spiro atoms. The summed E-state index contributed by atoms with van der Waals surface area (Å²) >= 11 is 3.59. The van der Waals surface area contributed by atoms with E-state index in [0.29, 0.717) is 6.54 Å². The highest BCUT2D eigenvalue weighted by atomic mass is 35.5. The van der Waals surface area contributed by atoms with Crippen molar-refractivity contribution >= 4 is 28.5 Å². The number of nitrogens with zero attached hydrogens (tertiary/aromatic N) is 1. The van der Waals surface area contributed by atoms with Gasteiger partial charge in [0.05, 0.1) is 10.8 Å². The van der Waals surface area contributed by atoms with Crippen LogP contribution in [0.4, 0.5) is 4.39 Å². The lowest BCUT2D eigenvalue weighted by Gasteiger charge is -2.06. The summed E-state index contributed by atoms with van der Waals surface area (Å²) in [6, 6.07) is 2.44. The molecular formula is C13H12ClFN2O4S. The second kappa shape index (κ2) is 6.55. The van der Waals surface area contributed by atoms with Gasteiger partial charge in [-0.2, -0.15) is 0 Å². The Morgan fingerprint density at radius 1 is 1.45 bits per heavy atom. The zero-order valence-corrected chi connectivity index (χ0v) is 13.0. The number of hydrogen-bond donors (Lipinski definition) is 2. The van der Waals surface area contributed by atoms with Crippen molar-refractivity contribution in [2.75, 3.05) is 0 Å². The van der Waals surface area contributed by atoms with Gasteiger partial charge >= 0.3 is 0 Å². The van der Waals surface area contributed by atoms with Crippen molar-refractivity contribution in [1.29, 1.82) is 0 Å². The monoisotopic (exact) mass is 346 g/mol. The zero-order chi connectivity index (χ0) is 16.4. The van der Waals surface area contributed by atoms with Crippen LogP contribution < -0.4 is 5.56 Å². The molecule has 2 rings (SSSR count). The molecule has 118 valence electrons. The number of aromatic amines is 1. The predicted octanol–water partition coefficient (Wildman–Crippen LogP) is 1.94. The lowest BCUT2D eigenvalue weighted by molar-refractivity contribution is 0.103. The Balaban J connectivity index is 2.46. The summed E-state index contributed by atoms with van der Waals surface area (Å²) in [5.41, 5.74) is -0.931. The number of nitrogens with one attached hydrogen (secondary N) is 1. The molecule has 9 heteroatoms. The molecule has 0 aliphatic heterocycles. The molecule has 1 unspecified atom stereocenters. The Morgan fingerprint density at radius 2 is 2.14 bits per heavy atom. The Hall–Kier alpha value is -1.77. The SMILES string of the molecule is CCn1[nH]cc(C(=O)c2ccc(CS(=O)O)c(F)c2Cl)c1=O. The van der Waals surface area contributed by atoms with Gasteiger partial charge in [0.1, 0.15) is 11.4 Å². The fourth-order valence-corrected chi connectivity index (χ4v) is 2.72. The Kier molecular flexibility index (Phi) is 4.94. The fourth-order valence-electron chi connectivity index (χ4n) is 1.96. The summed E-state index contributed by atoms with van der Waals surface area (Å²) in [5.74, 6) is -2.09. The second-order valence-electron chi connectivity index (χ2n) is 4.43. The summed E-state index contributed by atoms with van der Waals surface area (Å²) in [5, 5.41) is 2.14. The normalized spacial score (nSPS) is 12.4. The minimum atomic E-state index is -2.23. The van der Waals surface area contributed by atoms with E-state index in [2.05, 4.69) is 5.10 Å². The molecule has 2 aromatic rings. The number of carbonyl (C=O) groups is 1. The van der Waals surface area contributed by atoms with Crippen molar-refractivity contribution in [3.63, 3.8) is 0 Å². The molecule has 0 saturated heterocycles. The van der Waals surface area contributed by atoms with E-state index >= 15 is 0 Å². The first-order chi connectivity index (χ1) is 10.4. The van der Waals surface area contributed by atoms with Crippen LogP contribution in [0.5, 0.6) is 0 Å². The summed E-state index contributed by atoms with van der Waals surface area (Å²) in [7, 11) is 0. The van der Waals surface area contributed by atoms with E-state index in [0.717, 1.165) is 0 Å². The van der Waals surface area contributed by atoms with Gasteiger partial charge < -0.3 is 9.65 Å². The molecule has 1 heterocycles. The number of ketones is 1. The van der Waals surface area contributed by atoms with E-state index in [1.807, 2.05) is 0 Å². The van der Waals surface area contributed by atoms with Crippen LogP contribution in [0.1, 0.15) is 28.4 Å². The van der Waals surface area contributed by atoms with E-state index in [1.54, 1.807) is 6.92 Å². The van der Waals surface area contributed by atoms with Gasteiger partial charge in [-0.1, -0.05) is 17.7 Å². The highest BCUT2D eigenvalue weighted by Gasteiger charge is 2.22. The van der Waals surface area contributed by atoms with Crippen LogP contribution in [0.2, 0.25) is 5.02 Å². The van der Waals surface area contributed by atoms with Crippen molar-refractivity contribution in [3.05, 3.63) is 56.2 Å². The largest absolute Gasteiger partial charge is 0.306 e. The van der Waals surface area contributed by atoms with Gasteiger partial charge in [0.25, 0.3) is 5.56 Å². The third-order valence-electron chi connectivity index (χ3n) is 3.09. The third-order valence-corrected chi connectivity index (χ3v) is 4.01. The molecule has 2 N–H and O–H groups in total. The smallest absolute Gasteiger partial charge is 0.277 e. The lowest BCUT2D eigenvalue weighted by atomic mass is 10.0. The lowest BCUT2D eigenvalue weighted by Crippen LogP contribution is -2.21. The molecule has 6 nitrogen and oxygen atoms in total. The molecule has 0 aliphatic carbocycles. The van der Waals surface area contributed by atoms with Crippen molar-refractivity contribution in [1.82, 2.24) is 9.78 Å². The van der Waals surface area contributed by atoms with Crippen LogP contribution in [-0.2, 0) is 23.4 Å². The molecule has 0 saturated carbocycles. The van der Waals surface area contributed by atoms with E-state index in [-0.39, 0.29) is 16.7 Å². The van der Waals surface area contributed by atoms with Crippen molar-refractivity contribution in [2.24, 2.45) is 0 Å². The van der Waals surface area contributed by atoms with Crippen LogP contribution in [0, 0.1) is 5.82 Å². The van der Waals surface area contributed by atoms with Gasteiger partial charge in [0.2, 0.25) is 5.78 Å². The van der Waals surface area contributed by atoms with Crippen molar-refractivity contribution < 1.29 is 17.9 Å². The first-order valence-corrected chi connectivity index (χ1v) is 7.89. The van der Waals surface area contributed by atoms with E-state index < -0.39 is 39.0 Å². The summed E-state index contributed by atoms with van der Waals surface area (Å²) in [6.07, 6.45) is 1.24. The van der Waals surface area contributed by atoms with E-state index in [1.165, 1.54) is 23.0 Å². The average Bonchev–Trinajstić information content (AvgIpc) is 2.84. The maximum absolute atomic E-state index is 14.0. The number of hydrogen-bond acceptors (Lipinski definition) is 3. The van der Waals surface area contributed by atoms with E-state index in [4.69, 9.17) is 16.2 Å². The van der Waals surface area contributed by atoms with Gasteiger partial charge in [0.15, 0.2) is 11.1 Å². The minimum Gasteiger partial charge on any atom is -0.306 e. The molecule has 1 aromatic heterocycles. The van der Waals surface area contributed by atoms with Crippen LogP contribution in [-0.4, -0.2) is 24.3 Å². The molecule has 0 radical (unpaired) electrons. The number of carbonyl (C=O) groups excluding carboxylic acids is 1. The quantitative estimate of drug-likeness (QED) is 0.639. The van der Waals surface area contributed by atoms with Crippen LogP contribution in [0.15, 0.2) is 23.1 Å². The Morgan fingerprint density at radius 3 is 2.68 bits per heavy atom. The number of rotatable bonds is 5. The molecular weight excluding hydrogens is 335 g/mol. The maximum Gasteiger partial charge on any atom is 0.277 e. The maximum atomic E-state index is 14.0. The van der Waals surface area contributed by atoms with Crippen molar-refractivity contribution in [2.45, 2.75) is 19.2 Å². The Bertz CT molecular complexity index is 815. The van der Waals surface area contributed by atoms with Gasteiger partial charge in [-0.3, -0.25) is 14.3 Å². The van der Waals surface area contributed by atoms with Gasteiger partial charge in [-0.05, 0) is 13.0 Å². The number of H-pyrrole nitrogens is 1. The highest BCUT2D eigenvalue weighted by molar-refractivity contribution is 7.78. The van der Waals surface area contributed by atoms with Crippen LogP contribution >= 0.6 is 11.6 Å². The number of benzene rings is 1. The summed E-state index contributed by atoms with van der Waals surface area (Å²) in [6.45, 7) is 2.08. The van der Waals surface area contributed by atoms with Crippen molar-refractivity contribution in [3.8, 4) is 0 Å².